The highest BCUT2D eigenvalue weighted by atomic mass is 32.1. The Morgan fingerprint density at radius 2 is 2.00 bits per heavy atom. The number of methoxy groups -OCH3 is 1. The van der Waals surface area contributed by atoms with Crippen LogP contribution < -0.4 is 10.1 Å². The molecule has 0 aliphatic heterocycles. The van der Waals surface area contributed by atoms with Gasteiger partial charge >= 0.3 is 0 Å². The van der Waals surface area contributed by atoms with E-state index in [1.807, 2.05) is 19.1 Å². The molecule has 24 heavy (non-hydrogen) atoms. The van der Waals surface area contributed by atoms with E-state index in [1.54, 1.807) is 7.11 Å². The molecule has 0 aliphatic carbocycles. The molecule has 2 rings (SSSR count). The van der Waals surface area contributed by atoms with E-state index in [-0.39, 0.29) is 5.91 Å². The number of aryl methyl sites for hydroxylation is 2. The summed E-state index contributed by atoms with van der Waals surface area (Å²) in [6.45, 7) is 6.90. The Kier molecular flexibility index (Phi) is 6.79. The van der Waals surface area contributed by atoms with Crippen LogP contribution in [0.15, 0.2) is 24.3 Å². The number of rotatable bonds is 8. The van der Waals surface area contributed by atoms with Crippen molar-refractivity contribution in [3.63, 3.8) is 0 Å². The summed E-state index contributed by atoms with van der Waals surface area (Å²) >= 11 is 1.52. The normalized spacial score (nSPS) is 10.9. The molecule has 1 N–H and O–H groups in total. The Labute approximate surface area is 148 Å². The van der Waals surface area contributed by atoms with Gasteiger partial charge in [0.25, 0.3) is 5.91 Å². The van der Waals surface area contributed by atoms with Crippen molar-refractivity contribution in [3.8, 4) is 5.75 Å². The summed E-state index contributed by atoms with van der Waals surface area (Å²) in [5.41, 5.74) is 2.08. The average molecular weight is 346 g/mol. The van der Waals surface area contributed by atoms with E-state index in [0.29, 0.717) is 12.5 Å². The number of amides is 1. The van der Waals surface area contributed by atoms with E-state index in [0.717, 1.165) is 40.6 Å². The van der Waals surface area contributed by atoms with Crippen LogP contribution in [0.1, 0.15) is 46.2 Å². The summed E-state index contributed by atoms with van der Waals surface area (Å²) in [6.07, 6.45) is 2.77. The number of ether oxygens (including phenoxy) is 1. The Morgan fingerprint density at radius 1 is 1.29 bits per heavy atom. The van der Waals surface area contributed by atoms with Crippen LogP contribution in [0, 0.1) is 12.8 Å². The van der Waals surface area contributed by atoms with Gasteiger partial charge in [-0.15, -0.1) is 11.3 Å². The molecule has 1 aromatic heterocycles. The molecule has 0 unspecified atom stereocenters. The minimum atomic E-state index is -0.00487. The molecule has 1 heterocycles. The number of benzene rings is 1. The molecule has 0 radical (unpaired) electrons. The van der Waals surface area contributed by atoms with Gasteiger partial charge in [0.15, 0.2) is 0 Å². The predicted molar refractivity (Wildman–Crippen MR) is 99.0 cm³/mol. The standard InChI is InChI=1S/C19H26N2O2S/c1-13(2)12-17-21-14(3)18(24-17)19(22)20-11-5-6-15-7-9-16(23-4)10-8-15/h7-10,13H,5-6,11-12H2,1-4H3,(H,20,22). The van der Waals surface area contributed by atoms with Crippen molar-refractivity contribution in [3.05, 3.63) is 45.4 Å². The molecule has 4 nitrogen and oxygen atoms in total. The molecule has 0 spiro atoms. The van der Waals surface area contributed by atoms with Gasteiger partial charge in [-0.25, -0.2) is 4.98 Å². The zero-order valence-electron chi connectivity index (χ0n) is 14.9. The van der Waals surface area contributed by atoms with Gasteiger partial charge in [-0.3, -0.25) is 4.79 Å². The first-order valence-corrected chi connectivity index (χ1v) is 9.18. The molecule has 1 aromatic carbocycles. The fourth-order valence-electron chi connectivity index (χ4n) is 2.47. The quantitative estimate of drug-likeness (QED) is 0.735. The van der Waals surface area contributed by atoms with E-state index >= 15 is 0 Å². The molecule has 5 heteroatoms. The lowest BCUT2D eigenvalue weighted by Gasteiger charge is -2.05. The number of carbonyl (C=O) groups excluding carboxylic acids is 1. The highest BCUT2D eigenvalue weighted by molar-refractivity contribution is 7.13. The molecule has 1 amide bonds. The van der Waals surface area contributed by atoms with E-state index in [2.05, 4.69) is 36.3 Å². The number of hydrogen-bond donors (Lipinski definition) is 1. The summed E-state index contributed by atoms with van der Waals surface area (Å²) in [5.74, 6) is 1.41. The number of nitrogens with one attached hydrogen (secondary N) is 1. The van der Waals surface area contributed by atoms with Crippen LogP contribution in [0.2, 0.25) is 0 Å². The second-order valence-corrected chi connectivity index (χ2v) is 7.41. The summed E-state index contributed by atoms with van der Waals surface area (Å²) in [5, 5.41) is 4.05. The van der Waals surface area contributed by atoms with Gasteiger partial charge in [0, 0.05) is 13.0 Å². The molecule has 2 aromatic rings. The smallest absolute Gasteiger partial charge is 0.263 e. The molecular weight excluding hydrogens is 320 g/mol. The summed E-state index contributed by atoms with van der Waals surface area (Å²) in [6, 6.07) is 8.05. The summed E-state index contributed by atoms with van der Waals surface area (Å²) < 4.78 is 5.15. The lowest BCUT2D eigenvalue weighted by molar-refractivity contribution is 0.0956. The Morgan fingerprint density at radius 3 is 2.62 bits per heavy atom. The molecular formula is C19H26N2O2S. The number of thiazole rings is 1. The number of aromatic nitrogens is 1. The first kappa shape index (κ1) is 18.5. The maximum atomic E-state index is 12.3. The third-order valence-electron chi connectivity index (χ3n) is 3.72. The van der Waals surface area contributed by atoms with E-state index in [4.69, 9.17) is 4.74 Å². The van der Waals surface area contributed by atoms with Crippen LogP contribution in [0.3, 0.4) is 0 Å². The fraction of sp³-hybridized carbons (Fsp3) is 0.474. The maximum absolute atomic E-state index is 12.3. The molecule has 0 bridgehead atoms. The van der Waals surface area contributed by atoms with Crippen molar-refractivity contribution in [2.24, 2.45) is 5.92 Å². The second-order valence-electron chi connectivity index (χ2n) is 6.33. The zero-order chi connectivity index (χ0) is 17.5. The largest absolute Gasteiger partial charge is 0.497 e. The van der Waals surface area contributed by atoms with Gasteiger partial charge < -0.3 is 10.1 Å². The Balaban J connectivity index is 1.79. The average Bonchev–Trinajstić information content (AvgIpc) is 2.91. The molecule has 0 fully saturated rings. The minimum Gasteiger partial charge on any atom is -0.497 e. The second kappa shape index (κ2) is 8.83. The van der Waals surface area contributed by atoms with Crippen LogP contribution in [0.25, 0.3) is 0 Å². The van der Waals surface area contributed by atoms with Crippen molar-refractivity contribution in [1.29, 1.82) is 0 Å². The number of hydrogen-bond acceptors (Lipinski definition) is 4. The molecule has 0 saturated heterocycles. The highest BCUT2D eigenvalue weighted by Gasteiger charge is 2.15. The van der Waals surface area contributed by atoms with E-state index in [9.17, 15) is 4.79 Å². The number of carbonyl (C=O) groups is 1. The van der Waals surface area contributed by atoms with Gasteiger partial charge in [-0.1, -0.05) is 26.0 Å². The zero-order valence-corrected chi connectivity index (χ0v) is 15.7. The van der Waals surface area contributed by atoms with Crippen molar-refractivity contribution in [2.45, 2.75) is 40.0 Å². The van der Waals surface area contributed by atoms with Crippen LogP contribution >= 0.6 is 11.3 Å². The monoisotopic (exact) mass is 346 g/mol. The molecule has 130 valence electrons. The van der Waals surface area contributed by atoms with Crippen LogP contribution in [-0.2, 0) is 12.8 Å². The van der Waals surface area contributed by atoms with Gasteiger partial charge in [0.2, 0.25) is 0 Å². The third-order valence-corrected chi connectivity index (χ3v) is 4.90. The third kappa shape index (κ3) is 5.34. The van der Waals surface area contributed by atoms with Gasteiger partial charge in [-0.2, -0.15) is 0 Å². The van der Waals surface area contributed by atoms with E-state index in [1.165, 1.54) is 16.9 Å². The summed E-state index contributed by atoms with van der Waals surface area (Å²) in [4.78, 5) is 17.6. The number of nitrogens with zero attached hydrogens (tertiary/aromatic N) is 1. The predicted octanol–water partition coefficient (Wildman–Crippen LogP) is 4.02. The van der Waals surface area contributed by atoms with Crippen molar-refractivity contribution in [1.82, 2.24) is 10.3 Å². The first-order chi connectivity index (χ1) is 11.5. The van der Waals surface area contributed by atoms with Crippen LogP contribution in [-0.4, -0.2) is 24.5 Å². The van der Waals surface area contributed by atoms with Crippen molar-refractivity contribution >= 4 is 17.2 Å². The highest BCUT2D eigenvalue weighted by Crippen LogP contribution is 2.20. The lowest BCUT2D eigenvalue weighted by Crippen LogP contribution is -2.24. The molecule has 0 saturated carbocycles. The SMILES string of the molecule is COc1ccc(CCCNC(=O)c2sc(CC(C)C)nc2C)cc1. The molecule has 0 atom stereocenters. The fourth-order valence-corrected chi connectivity index (χ4v) is 3.66. The van der Waals surface area contributed by atoms with Gasteiger partial charge in [-0.05, 0) is 43.4 Å². The molecule has 0 aliphatic rings. The first-order valence-electron chi connectivity index (χ1n) is 8.37. The van der Waals surface area contributed by atoms with Gasteiger partial charge in [0.1, 0.15) is 10.6 Å². The van der Waals surface area contributed by atoms with Crippen LogP contribution in [0.5, 0.6) is 5.75 Å². The minimum absolute atomic E-state index is 0.00487. The maximum Gasteiger partial charge on any atom is 0.263 e. The Hall–Kier alpha value is -1.88. The lowest BCUT2D eigenvalue weighted by atomic mass is 10.1. The topological polar surface area (TPSA) is 51.2 Å². The van der Waals surface area contributed by atoms with Crippen LogP contribution in [0.4, 0.5) is 0 Å². The van der Waals surface area contributed by atoms with E-state index < -0.39 is 0 Å². The van der Waals surface area contributed by atoms with Crippen molar-refractivity contribution in [2.75, 3.05) is 13.7 Å². The summed E-state index contributed by atoms with van der Waals surface area (Å²) in [7, 11) is 1.67. The van der Waals surface area contributed by atoms with Crippen molar-refractivity contribution < 1.29 is 9.53 Å². The van der Waals surface area contributed by atoms with Gasteiger partial charge in [0.05, 0.1) is 17.8 Å². The Bertz CT molecular complexity index is 663.